The van der Waals surface area contributed by atoms with Gasteiger partial charge in [0.25, 0.3) is 5.91 Å². The lowest BCUT2D eigenvalue weighted by atomic mass is 9.88. The predicted molar refractivity (Wildman–Crippen MR) is 113 cm³/mol. The molecule has 1 aliphatic heterocycles. The molecule has 1 heterocycles. The van der Waals surface area contributed by atoms with Crippen LogP contribution in [0.5, 0.6) is 0 Å². The van der Waals surface area contributed by atoms with Crippen molar-refractivity contribution in [2.24, 2.45) is 11.8 Å². The van der Waals surface area contributed by atoms with Crippen LogP contribution in [0, 0.1) is 11.8 Å². The van der Waals surface area contributed by atoms with E-state index in [1.54, 1.807) is 23.1 Å². The maximum absolute atomic E-state index is 13.0. The third-order valence-corrected chi connectivity index (χ3v) is 6.48. The summed E-state index contributed by atoms with van der Waals surface area (Å²) in [5.74, 6) is 0.131. The molecule has 1 aliphatic carbocycles. The third kappa shape index (κ3) is 6.54. The largest absolute Gasteiger partial charge is 0.338 e. The van der Waals surface area contributed by atoms with Crippen LogP contribution in [0.1, 0.15) is 55.3 Å². The molecule has 8 heteroatoms. The zero-order valence-electron chi connectivity index (χ0n) is 17.0. The molecular weight excluding hydrogens is 390 g/mol. The molecule has 1 aromatic rings. The lowest BCUT2D eigenvalue weighted by molar-refractivity contribution is -0.120. The van der Waals surface area contributed by atoms with E-state index >= 15 is 0 Å². The van der Waals surface area contributed by atoms with Crippen molar-refractivity contribution in [2.75, 3.05) is 31.2 Å². The monoisotopic (exact) mass is 421 g/mol. The maximum Gasteiger partial charge on any atom is 0.253 e. The van der Waals surface area contributed by atoms with Gasteiger partial charge in [-0.15, -0.1) is 0 Å². The van der Waals surface area contributed by atoms with Crippen molar-refractivity contribution in [1.29, 1.82) is 0 Å². The summed E-state index contributed by atoms with van der Waals surface area (Å²) in [6.45, 7) is 1.53. The Hall–Kier alpha value is -1.93. The number of benzene rings is 1. The van der Waals surface area contributed by atoms with Gasteiger partial charge in [-0.05, 0) is 49.8 Å². The number of likely N-dealkylation sites (tertiary alicyclic amines) is 1. The van der Waals surface area contributed by atoms with Crippen LogP contribution in [0.25, 0.3) is 0 Å². The number of rotatable bonds is 6. The van der Waals surface area contributed by atoms with Crippen molar-refractivity contribution in [3.63, 3.8) is 0 Å². The molecule has 2 amide bonds. The Labute approximate surface area is 173 Å². The van der Waals surface area contributed by atoms with Crippen LogP contribution in [-0.2, 0) is 14.8 Å². The van der Waals surface area contributed by atoms with Gasteiger partial charge >= 0.3 is 0 Å². The second-order valence-electron chi connectivity index (χ2n) is 8.29. The number of hydrogen-bond acceptors (Lipinski definition) is 4. The van der Waals surface area contributed by atoms with Gasteiger partial charge in [-0.3, -0.25) is 9.59 Å². The Morgan fingerprint density at radius 2 is 1.86 bits per heavy atom. The number of nitrogens with zero attached hydrogens (tertiary/aromatic N) is 1. The van der Waals surface area contributed by atoms with E-state index in [1.807, 2.05) is 6.07 Å². The van der Waals surface area contributed by atoms with E-state index in [0.29, 0.717) is 30.9 Å². The van der Waals surface area contributed by atoms with Crippen molar-refractivity contribution in [2.45, 2.75) is 44.9 Å². The number of anilines is 1. The molecule has 1 aromatic carbocycles. The Kier molecular flexibility index (Phi) is 7.29. The number of sulfonamides is 1. The average molecular weight is 422 g/mol. The van der Waals surface area contributed by atoms with Crippen LogP contribution >= 0.6 is 0 Å². The fraction of sp³-hybridized carbons (Fsp3) is 0.619. The Morgan fingerprint density at radius 1 is 1.10 bits per heavy atom. The van der Waals surface area contributed by atoms with Crippen molar-refractivity contribution in [3.05, 3.63) is 29.8 Å². The van der Waals surface area contributed by atoms with Crippen LogP contribution < -0.4 is 10.0 Å². The SMILES string of the molecule is CS(=O)(=O)NC[C@H]1CCCN(C(=O)c2cccc(NC(=O)C3CCCCC3)c2)C1. The number of nitrogens with one attached hydrogen (secondary N) is 2. The standard InChI is InChI=1S/C21H31N3O4S/c1-29(27,28)22-14-16-7-6-12-24(15-16)21(26)18-10-5-11-19(13-18)23-20(25)17-8-3-2-4-9-17/h5,10-11,13,16-17,22H,2-4,6-9,12,14-15H2,1H3,(H,23,25)/t16-/m1/s1. The van der Waals surface area contributed by atoms with Gasteiger partial charge in [0.1, 0.15) is 0 Å². The van der Waals surface area contributed by atoms with E-state index in [2.05, 4.69) is 10.0 Å². The second-order valence-corrected chi connectivity index (χ2v) is 10.1. The second kappa shape index (κ2) is 9.71. The molecule has 2 fully saturated rings. The smallest absolute Gasteiger partial charge is 0.253 e. The highest BCUT2D eigenvalue weighted by atomic mass is 32.2. The molecule has 1 saturated heterocycles. The van der Waals surface area contributed by atoms with Crippen LogP contribution in [0.3, 0.4) is 0 Å². The summed E-state index contributed by atoms with van der Waals surface area (Å²) in [4.78, 5) is 27.2. The van der Waals surface area contributed by atoms with Gasteiger partial charge in [0.2, 0.25) is 15.9 Å². The Morgan fingerprint density at radius 3 is 2.59 bits per heavy atom. The molecular formula is C21H31N3O4S. The third-order valence-electron chi connectivity index (χ3n) is 5.79. The molecule has 2 N–H and O–H groups in total. The van der Waals surface area contributed by atoms with Crippen molar-refractivity contribution in [1.82, 2.24) is 9.62 Å². The number of carbonyl (C=O) groups is 2. The fourth-order valence-electron chi connectivity index (χ4n) is 4.21. The maximum atomic E-state index is 13.0. The summed E-state index contributed by atoms with van der Waals surface area (Å²) in [7, 11) is -3.23. The quantitative estimate of drug-likeness (QED) is 0.738. The van der Waals surface area contributed by atoms with Crippen LogP contribution in [-0.4, -0.2) is 51.0 Å². The highest BCUT2D eigenvalue weighted by Crippen LogP contribution is 2.25. The summed E-state index contributed by atoms with van der Waals surface area (Å²) in [6.07, 6.45) is 8.14. The molecule has 0 unspecified atom stereocenters. The van der Waals surface area contributed by atoms with E-state index in [1.165, 1.54) is 6.42 Å². The van der Waals surface area contributed by atoms with Crippen molar-refractivity contribution in [3.8, 4) is 0 Å². The molecule has 29 heavy (non-hydrogen) atoms. The minimum absolute atomic E-state index is 0.0409. The summed E-state index contributed by atoms with van der Waals surface area (Å²) in [6, 6.07) is 7.10. The zero-order valence-corrected chi connectivity index (χ0v) is 17.8. The van der Waals surface area contributed by atoms with Gasteiger partial charge in [-0.25, -0.2) is 13.1 Å². The molecule has 0 radical (unpaired) electrons. The number of hydrogen-bond donors (Lipinski definition) is 2. The topological polar surface area (TPSA) is 95.6 Å². The molecule has 0 bridgehead atoms. The van der Waals surface area contributed by atoms with Gasteiger partial charge in [-0.1, -0.05) is 25.3 Å². The highest BCUT2D eigenvalue weighted by Gasteiger charge is 2.26. The number of amides is 2. The van der Waals surface area contributed by atoms with Gasteiger partial charge in [0.15, 0.2) is 0 Å². The highest BCUT2D eigenvalue weighted by molar-refractivity contribution is 7.88. The molecule has 2 aliphatic rings. The van der Waals surface area contributed by atoms with E-state index in [4.69, 9.17) is 0 Å². The molecule has 0 aromatic heterocycles. The lowest BCUT2D eigenvalue weighted by Crippen LogP contribution is -2.43. The van der Waals surface area contributed by atoms with Gasteiger partial charge in [0, 0.05) is 36.8 Å². The molecule has 3 rings (SSSR count). The minimum Gasteiger partial charge on any atom is -0.338 e. The van der Waals surface area contributed by atoms with Gasteiger partial charge < -0.3 is 10.2 Å². The van der Waals surface area contributed by atoms with Crippen molar-refractivity contribution < 1.29 is 18.0 Å². The molecule has 160 valence electrons. The summed E-state index contributed by atoms with van der Waals surface area (Å²) < 4.78 is 25.2. The fourth-order valence-corrected chi connectivity index (χ4v) is 4.75. The van der Waals surface area contributed by atoms with Gasteiger partial charge in [-0.2, -0.15) is 0 Å². The summed E-state index contributed by atoms with van der Waals surface area (Å²) in [5, 5.41) is 2.97. The van der Waals surface area contributed by atoms with Crippen LogP contribution in [0.2, 0.25) is 0 Å². The van der Waals surface area contributed by atoms with Gasteiger partial charge in [0.05, 0.1) is 6.26 Å². The first-order chi connectivity index (χ1) is 13.8. The average Bonchev–Trinajstić information content (AvgIpc) is 2.72. The van der Waals surface area contributed by atoms with Crippen LogP contribution in [0.4, 0.5) is 5.69 Å². The Balaban J connectivity index is 1.60. The molecule has 1 atom stereocenters. The number of carbonyl (C=O) groups excluding carboxylic acids is 2. The van der Waals surface area contributed by atoms with Crippen LogP contribution in [0.15, 0.2) is 24.3 Å². The lowest BCUT2D eigenvalue weighted by Gasteiger charge is -2.33. The molecule has 1 saturated carbocycles. The first kappa shape index (κ1) is 21.8. The van der Waals surface area contributed by atoms with E-state index in [-0.39, 0.29) is 23.7 Å². The van der Waals surface area contributed by atoms with E-state index in [9.17, 15) is 18.0 Å². The number of piperidine rings is 1. The molecule has 7 nitrogen and oxygen atoms in total. The molecule has 0 spiro atoms. The first-order valence-corrected chi connectivity index (χ1v) is 12.4. The minimum atomic E-state index is -3.23. The summed E-state index contributed by atoms with van der Waals surface area (Å²) in [5.41, 5.74) is 1.20. The normalized spacial score (nSPS) is 21.0. The Bertz CT molecular complexity index is 834. The predicted octanol–water partition coefficient (Wildman–Crippen LogP) is 2.61. The van der Waals surface area contributed by atoms with E-state index < -0.39 is 10.0 Å². The summed E-state index contributed by atoms with van der Waals surface area (Å²) >= 11 is 0. The zero-order chi connectivity index (χ0) is 20.9. The van der Waals surface area contributed by atoms with Crippen molar-refractivity contribution >= 4 is 27.5 Å². The first-order valence-electron chi connectivity index (χ1n) is 10.5. The van der Waals surface area contributed by atoms with E-state index in [0.717, 1.165) is 44.8 Å².